The summed E-state index contributed by atoms with van der Waals surface area (Å²) in [5.41, 5.74) is 4.13. The van der Waals surface area contributed by atoms with Crippen molar-refractivity contribution in [2.24, 2.45) is 7.05 Å². The number of amides is 1. The van der Waals surface area contributed by atoms with Gasteiger partial charge in [-0.25, -0.2) is 9.97 Å². The molecular formula is C22H23N5O3. The lowest BCUT2D eigenvalue weighted by Crippen LogP contribution is -2.42. The minimum Gasteiger partial charge on any atom is -0.497 e. The number of methoxy groups -OCH3 is 2. The van der Waals surface area contributed by atoms with E-state index in [2.05, 4.69) is 15.1 Å². The molecule has 1 saturated heterocycles. The topological polar surface area (TPSA) is 82.4 Å². The van der Waals surface area contributed by atoms with Crippen LogP contribution in [0.25, 0.3) is 11.3 Å². The summed E-state index contributed by atoms with van der Waals surface area (Å²) in [4.78, 5) is 24.2. The summed E-state index contributed by atoms with van der Waals surface area (Å²) in [5.74, 6) is 1.37. The van der Waals surface area contributed by atoms with Crippen LogP contribution < -0.4 is 9.47 Å². The highest BCUT2D eigenvalue weighted by atomic mass is 16.5. The van der Waals surface area contributed by atoms with Gasteiger partial charge in [-0.15, -0.1) is 0 Å². The van der Waals surface area contributed by atoms with E-state index in [1.165, 1.54) is 0 Å². The highest BCUT2D eigenvalue weighted by Gasteiger charge is 2.44. The second-order valence-corrected chi connectivity index (χ2v) is 7.69. The van der Waals surface area contributed by atoms with Crippen LogP contribution in [-0.4, -0.2) is 50.8 Å². The lowest BCUT2D eigenvalue weighted by Gasteiger charge is -2.35. The first-order valence-electron chi connectivity index (χ1n) is 9.98. The molecule has 2 aliphatic heterocycles. The van der Waals surface area contributed by atoms with E-state index in [9.17, 15) is 4.79 Å². The summed E-state index contributed by atoms with van der Waals surface area (Å²) in [5, 5.41) is 4.60. The molecule has 0 spiro atoms. The molecule has 0 aliphatic carbocycles. The van der Waals surface area contributed by atoms with Crippen LogP contribution >= 0.6 is 0 Å². The molecule has 2 aromatic heterocycles. The molecule has 8 heteroatoms. The molecule has 4 heterocycles. The number of nitrogens with zero attached hydrogens (tertiary/aromatic N) is 5. The molecule has 5 rings (SSSR count). The Kier molecular flexibility index (Phi) is 4.42. The summed E-state index contributed by atoms with van der Waals surface area (Å²) in [6, 6.07) is 7.56. The third-order valence-electron chi connectivity index (χ3n) is 6.13. The van der Waals surface area contributed by atoms with Gasteiger partial charge >= 0.3 is 0 Å². The first-order chi connectivity index (χ1) is 14.6. The summed E-state index contributed by atoms with van der Waals surface area (Å²) >= 11 is 0. The average Bonchev–Trinajstić information content (AvgIpc) is 3.31. The quantitative estimate of drug-likeness (QED) is 0.664. The number of ether oxygens (including phenoxy) is 2. The minimum atomic E-state index is -0.0138. The summed E-state index contributed by atoms with van der Waals surface area (Å²) in [6.45, 7) is 0. The maximum atomic E-state index is 13.6. The standard InChI is InChI=1S/C22H23N5O3/c1-26-20(10-18(25-26)15-9-14(29-2)5-7-21(15)30-3)22(28)27-13-4-6-19(27)16-11-23-12-24-17(16)8-13/h5,7,9-13,19H,4,6,8H2,1-3H3/t13-,19-/m0/s1. The van der Waals surface area contributed by atoms with Crippen LogP contribution in [0.3, 0.4) is 0 Å². The molecule has 0 unspecified atom stereocenters. The molecule has 154 valence electrons. The van der Waals surface area contributed by atoms with Gasteiger partial charge in [0.2, 0.25) is 0 Å². The molecule has 3 aromatic rings. The van der Waals surface area contributed by atoms with E-state index in [-0.39, 0.29) is 18.0 Å². The minimum absolute atomic E-state index is 0.0138. The summed E-state index contributed by atoms with van der Waals surface area (Å²) < 4.78 is 12.5. The molecule has 1 amide bonds. The second-order valence-electron chi connectivity index (χ2n) is 7.69. The van der Waals surface area contributed by atoms with Crippen molar-refractivity contribution < 1.29 is 14.3 Å². The van der Waals surface area contributed by atoms with Crippen LogP contribution in [0, 0.1) is 0 Å². The highest BCUT2D eigenvalue weighted by molar-refractivity contribution is 5.95. The Labute approximate surface area is 174 Å². The number of aromatic nitrogens is 4. The molecular weight excluding hydrogens is 382 g/mol. The van der Waals surface area contributed by atoms with Crippen LogP contribution in [-0.2, 0) is 13.5 Å². The van der Waals surface area contributed by atoms with Gasteiger partial charge < -0.3 is 14.4 Å². The lowest BCUT2D eigenvalue weighted by atomic mass is 9.99. The summed E-state index contributed by atoms with van der Waals surface area (Å²) in [6.07, 6.45) is 6.12. The fourth-order valence-corrected chi connectivity index (χ4v) is 4.68. The largest absolute Gasteiger partial charge is 0.497 e. The number of aryl methyl sites for hydroxylation is 1. The van der Waals surface area contributed by atoms with Crippen molar-refractivity contribution in [3.63, 3.8) is 0 Å². The molecule has 0 radical (unpaired) electrons. The van der Waals surface area contributed by atoms with Crippen molar-refractivity contribution in [1.82, 2.24) is 24.6 Å². The highest BCUT2D eigenvalue weighted by Crippen LogP contribution is 2.43. The van der Waals surface area contributed by atoms with E-state index in [1.807, 2.05) is 35.4 Å². The molecule has 30 heavy (non-hydrogen) atoms. The van der Waals surface area contributed by atoms with E-state index in [4.69, 9.17) is 9.47 Å². The van der Waals surface area contributed by atoms with E-state index in [1.54, 1.807) is 32.3 Å². The molecule has 2 atom stereocenters. The SMILES string of the molecule is COc1ccc(OC)c(-c2cc(C(=O)N3[C@H]4CC[C@H]3c3cncnc3C4)n(C)n2)c1. The maximum Gasteiger partial charge on any atom is 0.272 e. The monoisotopic (exact) mass is 405 g/mol. The Morgan fingerprint density at radius 2 is 2.03 bits per heavy atom. The lowest BCUT2D eigenvalue weighted by molar-refractivity contribution is 0.0632. The Hall–Kier alpha value is -3.42. The van der Waals surface area contributed by atoms with Crippen LogP contribution in [0.4, 0.5) is 0 Å². The third-order valence-corrected chi connectivity index (χ3v) is 6.13. The Balaban J connectivity index is 1.51. The first kappa shape index (κ1) is 18.6. The number of rotatable bonds is 4. The van der Waals surface area contributed by atoms with Gasteiger partial charge in [-0.3, -0.25) is 9.48 Å². The Morgan fingerprint density at radius 3 is 2.83 bits per heavy atom. The predicted molar refractivity (Wildman–Crippen MR) is 109 cm³/mol. The van der Waals surface area contributed by atoms with E-state index in [0.717, 1.165) is 36.1 Å². The fraction of sp³-hybridized carbons (Fsp3) is 0.364. The van der Waals surface area contributed by atoms with Crippen molar-refractivity contribution in [1.29, 1.82) is 0 Å². The zero-order valence-electron chi connectivity index (χ0n) is 17.2. The van der Waals surface area contributed by atoms with Crippen LogP contribution in [0.15, 0.2) is 36.8 Å². The number of hydrogen-bond acceptors (Lipinski definition) is 6. The van der Waals surface area contributed by atoms with Crippen LogP contribution in [0.1, 0.15) is 40.6 Å². The molecule has 1 fully saturated rings. The smallest absolute Gasteiger partial charge is 0.272 e. The number of carbonyl (C=O) groups is 1. The Morgan fingerprint density at radius 1 is 1.17 bits per heavy atom. The van der Waals surface area contributed by atoms with Crippen molar-refractivity contribution >= 4 is 5.91 Å². The van der Waals surface area contributed by atoms with Gasteiger partial charge in [-0.1, -0.05) is 0 Å². The predicted octanol–water partition coefficient (Wildman–Crippen LogP) is 2.80. The van der Waals surface area contributed by atoms with E-state index >= 15 is 0 Å². The van der Waals surface area contributed by atoms with Crippen molar-refractivity contribution in [2.75, 3.05) is 14.2 Å². The van der Waals surface area contributed by atoms with Gasteiger partial charge in [-0.05, 0) is 37.1 Å². The van der Waals surface area contributed by atoms with Gasteiger partial charge in [0.05, 0.1) is 31.6 Å². The fourth-order valence-electron chi connectivity index (χ4n) is 4.68. The molecule has 0 N–H and O–H groups in total. The number of carbonyl (C=O) groups excluding carboxylic acids is 1. The van der Waals surface area contributed by atoms with Gasteiger partial charge in [0.1, 0.15) is 23.5 Å². The van der Waals surface area contributed by atoms with E-state index in [0.29, 0.717) is 22.9 Å². The molecule has 2 aliphatic rings. The van der Waals surface area contributed by atoms with Gasteiger partial charge in [-0.2, -0.15) is 5.10 Å². The molecule has 8 nitrogen and oxygen atoms in total. The second kappa shape index (κ2) is 7.12. The Bertz CT molecular complexity index is 1130. The van der Waals surface area contributed by atoms with Gasteiger partial charge in [0.15, 0.2) is 0 Å². The first-order valence-corrected chi connectivity index (χ1v) is 9.98. The summed E-state index contributed by atoms with van der Waals surface area (Å²) in [7, 11) is 5.03. The number of fused-ring (bicyclic) bond motifs is 4. The zero-order valence-corrected chi connectivity index (χ0v) is 17.2. The maximum absolute atomic E-state index is 13.6. The van der Waals surface area contributed by atoms with Crippen LogP contribution in [0.2, 0.25) is 0 Å². The van der Waals surface area contributed by atoms with Gasteiger partial charge in [0, 0.05) is 36.8 Å². The molecule has 0 saturated carbocycles. The van der Waals surface area contributed by atoms with Crippen molar-refractivity contribution in [3.05, 3.63) is 53.7 Å². The number of hydrogen-bond donors (Lipinski definition) is 0. The van der Waals surface area contributed by atoms with Crippen LogP contribution in [0.5, 0.6) is 11.5 Å². The normalized spacial score (nSPS) is 19.5. The van der Waals surface area contributed by atoms with Crippen molar-refractivity contribution in [3.8, 4) is 22.8 Å². The number of benzene rings is 1. The third kappa shape index (κ3) is 2.82. The zero-order chi connectivity index (χ0) is 20.8. The molecule has 1 aromatic carbocycles. The van der Waals surface area contributed by atoms with E-state index < -0.39 is 0 Å². The molecule has 2 bridgehead atoms. The average molecular weight is 405 g/mol. The van der Waals surface area contributed by atoms with Crippen molar-refractivity contribution in [2.45, 2.75) is 31.3 Å². The van der Waals surface area contributed by atoms with Gasteiger partial charge in [0.25, 0.3) is 5.91 Å².